The molecule has 1 rings (SSSR count). The van der Waals surface area contributed by atoms with Crippen LogP contribution >= 0.6 is 15.9 Å². The minimum Gasteiger partial charge on any atom is -0.396 e. The van der Waals surface area contributed by atoms with Gasteiger partial charge in [-0.25, -0.2) is 4.39 Å². The van der Waals surface area contributed by atoms with Gasteiger partial charge in [0.05, 0.1) is 4.47 Å². The second kappa shape index (κ2) is 6.80. The molecule has 0 bridgehead atoms. The van der Waals surface area contributed by atoms with Crippen molar-refractivity contribution in [2.45, 2.75) is 19.3 Å². The Morgan fingerprint density at radius 2 is 2.07 bits per heavy atom. The Morgan fingerprint density at radius 1 is 1.27 bits per heavy atom. The molecule has 1 aromatic rings. The van der Waals surface area contributed by atoms with Crippen LogP contribution in [0.2, 0.25) is 0 Å². The SMILES string of the molecule is OCCCCCNc1ccc(Br)c(F)c1. The van der Waals surface area contributed by atoms with E-state index in [1.54, 1.807) is 6.07 Å². The monoisotopic (exact) mass is 275 g/mol. The predicted molar refractivity (Wildman–Crippen MR) is 63.5 cm³/mol. The van der Waals surface area contributed by atoms with Crippen molar-refractivity contribution in [3.8, 4) is 0 Å². The van der Waals surface area contributed by atoms with Crippen molar-refractivity contribution in [1.29, 1.82) is 0 Å². The van der Waals surface area contributed by atoms with Crippen LogP contribution in [-0.2, 0) is 0 Å². The highest BCUT2D eigenvalue weighted by Gasteiger charge is 1.99. The van der Waals surface area contributed by atoms with Gasteiger partial charge < -0.3 is 10.4 Å². The number of aliphatic hydroxyl groups is 1. The molecule has 0 fully saturated rings. The van der Waals surface area contributed by atoms with E-state index < -0.39 is 0 Å². The van der Waals surface area contributed by atoms with E-state index in [0.717, 1.165) is 31.5 Å². The van der Waals surface area contributed by atoms with Gasteiger partial charge >= 0.3 is 0 Å². The Morgan fingerprint density at radius 3 is 2.73 bits per heavy atom. The first-order valence-corrected chi connectivity index (χ1v) is 5.83. The fourth-order valence-corrected chi connectivity index (χ4v) is 1.50. The van der Waals surface area contributed by atoms with E-state index >= 15 is 0 Å². The highest BCUT2D eigenvalue weighted by Crippen LogP contribution is 2.19. The quantitative estimate of drug-likeness (QED) is 0.782. The first kappa shape index (κ1) is 12.5. The maximum Gasteiger partial charge on any atom is 0.139 e. The zero-order valence-corrected chi connectivity index (χ0v) is 10.1. The summed E-state index contributed by atoms with van der Waals surface area (Å²) in [5, 5.41) is 11.7. The predicted octanol–water partition coefficient (Wildman–Crippen LogP) is 3.16. The zero-order chi connectivity index (χ0) is 11.1. The first-order chi connectivity index (χ1) is 7.24. The Labute approximate surface area is 97.6 Å². The zero-order valence-electron chi connectivity index (χ0n) is 8.47. The van der Waals surface area contributed by atoms with Crippen LogP contribution in [0.25, 0.3) is 0 Å². The van der Waals surface area contributed by atoms with E-state index in [0.29, 0.717) is 4.47 Å². The van der Waals surface area contributed by atoms with Crippen LogP contribution in [0.15, 0.2) is 22.7 Å². The number of aliphatic hydroxyl groups excluding tert-OH is 1. The summed E-state index contributed by atoms with van der Waals surface area (Å²) in [5.74, 6) is -0.254. The summed E-state index contributed by atoms with van der Waals surface area (Å²) in [5.41, 5.74) is 0.791. The molecule has 0 aromatic heterocycles. The molecule has 0 heterocycles. The summed E-state index contributed by atoms with van der Waals surface area (Å²) < 4.78 is 13.6. The van der Waals surface area contributed by atoms with E-state index in [4.69, 9.17) is 5.11 Å². The van der Waals surface area contributed by atoms with Crippen LogP contribution < -0.4 is 5.32 Å². The van der Waals surface area contributed by atoms with Crippen molar-refractivity contribution in [2.24, 2.45) is 0 Å². The Balaban J connectivity index is 2.28. The van der Waals surface area contributed by atoms with Crippen LogP contribution in [0.3, 0.4) is 0 Å². The van der Waals surface area contributed by atoms with Crippen LogP contribution in [0.5, 0.6) is 0 Å². The second-order valence-corrected chi connectivity index (χ2v) is 4.19. The number of rotatable bonds is 6. The van der Waals surface area contributed by atoms with Gasteiger partial charge in [-0.05, 0) is 53.4 Å². The molecule has 0 atom stereocenters. The topological polar surface area (TPSA) is 32.3 Å². The average Bonchev–Trinajstić information content (AvgIpc) is 2.23. The summed E-state index contributed by atoms with van der Waals surface area (Å²) in [6, 6.07) is 4.99. The first-order valence-electron chi connectivity index (χ1n) is 5.04. The smallest absolute Gasteiger partial charge is 0.139 e. The van der Waals surface area contributed by atoms with Gasteiger partial charge in [-0.1, -0.05) is 0 Å². The molecule has 15 heavy (non-hydrogen) atoms. The van der Waals surface area contributed by atoms with Gasteiger partial charge in [0.1, 0.15) is 5.82 Å². The molecule has 84 valence electrons. The van der Waals surface area contributed by atoms with Crippen LogP contribution in [0, 0.1) is 5.82 Å². The third-order valence-electron chi connectivity index (χ3n) is 2.08. The fourth-order valence-electron chi connectivity index (χ4n) is 1.25. The summed E-state index contributed by atoms with van der Waals surface area (Å²) in [7, 11) is 0. The number of nitrogens with one attached hydrogen (secondary N) is 1. The summed E-state index contributed by atoms with van der Waals surface area (Å²) in [6.45, 7) is 1.05. The second-order valence-electron chi connectivity index (χ2n) is 3.34. The minimum absolute atomic E-state index is 0.243. The van der Waals surface area contributed by atoms with Crippen molar-refractivity contribution in [1.82, 2.24) is 0 Å². The normalized spacial score (nSPS) is 10.3. The molecule has 0 saturated heterocycles. The Hall–Kier alpha value is -0.610. The molecule has 1 aromatic carbocycles. The van der Waals surface area contributed by atoms with Crippen molar-refractivity contribution in [2.75, 3.05) is 18.5 Å². The summed E-state index contributed by atoms with van der Waals surface area (Å²) >= 11 is 3.10. The number of unbranched alkanes of at least 4 members (excludes halogenated alkanes) is 2. The van der Waals surface area contributed by atoms with E-state index in [1.807, 2.05) is 6.07 Å². The maximum atomic E-state index is 13.1. The van der Waals surface area contributed by atoms with E-state index in [9.17, 15) is 4.39 Å². The maximum absolute atomic E-state index is 13.1. The summed E-state index contributed by atoms with van der Waals surface area (Å²) in [4.78, 5) is 0. The molecule has 0 radical (unpaired) electrons. The molecule has 2 nitrogen and oxygen atoms in total. The van der Waals surface area contributed by atoms with Gasteiger partial charge in [0.15, 0.2) is 0 Å². The van der Waals surface area contributed by atoms with Crippen LogP contribution in [-0.4, -0.2) is 18.3 Å². The highest BCUT2D eigenvalue weighted by molar-refractivity contribution is 9.10. The van der Waals surface area contributed by atoms with Gasteiger partial charge in [0, 0.05) is 18.8 Å². The molecule has 0 aliphatic heterocycles. The van der Waals surface area contributed by atoms with E-state index in [1.165, 1.54) is 6.07 Å². The van der Waals surface area contributed by atoms with Gasteiger partial charge in [0.2, 0.25) is 0 Å². The van der Waals surface area contributed by atoms with Gasteiger partial charge in [0.25, 0.3) is 0 Å². The van der Waals surface area contributed by atoms with Crippen LogP contribution in [0.1, 0.15) is 19.3 Å². The number of hydrogen-bond donors (Lipinski definition) is 2. The van der Waals surface area contributed by atoms with E-state index in [-0.39, 0.29) is 12.4 Å². The molecule has 0 spiro atoms. The van der Waals surface area contributed by atoms with Gasteiger partial charge in [-0.2, -0.15) is 0 Å². The molecule has 2 N–H and O–H groups in total. The lowest BCUT2D eigenvalue weighted by atomic mass is 10.2. The van der Waals surface area contributed by atoms with Crippen molar-refractivity contribution < 1.29 is 9.50 Å². The number of hydrogen-bond acceptors (Lipinski definition) is 2. The van der Waals surface area contributed by atoms with Gasteiger partial charge in [-0.3, -0.25) is 0 Å². The summed E-state index contributed by atoms with van der Waals surface area (Å²) in [6.07, 6.45) is 2.80. The van der Waals surface area contributed by atoms with Crippen molar-refractivity contribution in [3.05, 3.63) is 28.5 Å². The minimum atomic E-state index is -0.254. The van der Waals surface area contributed by atoms with E-state index in [2.05, 4.69) is 21.2 Å². The molecular formula is C11H15BrFNO. The molecular weight excluding hydrogens is 261 g/mol. The molecule has 0 amide bonds. The van der Waals surface area contributed by atoms with Crippen LogP contribution in [0.4, 0.5) is 10.1 Å². The average molecular weight is 276 g/mol. The number of halogens is 2. The third-order valence-corrected chi connectivity index (χ3v) is 2.73. The lowest BCUT2D eigenvalue weighted by molar-refractivity contribution is 0.283. The molecule has 4 heteroatoms. The molecule has 0 saturated carbocycles. The van der Waals surface area contributed by atoms with Crippen molar-refractivity contribution in [3.63, 3.8) is 0 Å². The van der Waals surface area contributed by atoms with Crippen molar-refractivity contribution >= 4 is 21.6 Å². The highest BCUT2D eigenvalue weighted by atomic mass is 79.9. The molecule has 0 aliphatic rings. The fraction of sp³-hybridized carbons (Fsp3) is 0.455. The third kappa shape index (κ3) is 4.62. The number of anilines is 1. The molecule has 0 aliphatic carbocycles. The lowest BCUT2D eigenvalue weighted by Crippen LogP contribution is -2.02. The Bertz CT molecular complexity index is 307. The van der Waals surface area contributed by atoms with Gasteiger partial charge in [-0.15, -0.1) is 0 Å². The number of benzene rings is 1. The Kier molecular flexibility index (Phi) is 5.65. The largest absolute Gasteiger partial charge is 0.396 e. The molecule has 0 unspecified atom stereocenters. The standard InChI is InChI=1S/C11H15BrFNO/c12-10-5-4-9(8-11(10)13)14-6-2-1-3-7-15/h4-5,8,14-15H,1-3,6-7H2. The lowest BCUT2D eigenvalue weighted by Gasteiger charge is -2.06.